The highest BCUT2D eigenvalue weighted by Crippen LogP contribution is 2.30. The molecule has 1 aromatic rings. The van der Waals surface area contributed by atoms with Crippen molar-refractivity contribution in [2.45, 2.75) is 65.1 Å². The Labute approximate surface area is 127 Å². The van der Waals surface area contributed by atoms with E-state index in [1.54, 1.807) is 0 Å². The zero-order valence-electron chi connectivity index (χ0n) is 12.8. The van der Waals surface area contributed by atoms with E-state index in [-0.39, 0.29) is 0 Å². The first-order valence-corrected chi connectivity index (χ1v) is 8.11. The second kappa shape index (κ2) is 7.33. The van der Waals surface area contributed by atoms with Crippen LogP contribution in [-0.2, 0) is 6.54 Å². The number of benzene rings is 1. The Hall–Kier alpha value is -0.730. The molecule has 2 atom stereocenters. The first kappa shape index (κ1) is 15.7. The molecule has 3 heteroatoms. The van der Waals surface area contributed by atoms with Crippen LogP contribution >= 0.6 is 11.6 Å². The lowest BCUT2D eigenvalue weighted by Gasteiger charge is -2.28. The number of hydrogen-bond acceptors (Lipinski definition) is 2. The van der Waals surface area contributed by atoms with E-state index in [0.29, 0.717) is 12.1 Å². The average Bonchev–Trinajstić information content (AvgIpc) is 2.39. The molecule has 0 heterocycles. The van der Waals surface area contributed by atoms with Gasteiger partial charge in [-0.15, -0.1) is 0 Å². The first-order valence-electron chi connectivity index (χ1n) is 7.73. The molecule has 1 aromatic carbocycles. The van der Waals surface area contributed by atoms with Gasteiger partial charge in [0, 0.05) is 23.2 Å². The number of nitrogens with one attached hydrogen (secondary N) is 1. The molecule has 1 aliphatic rings. The molecule has 0 aromatic heterocycles. The minimum Gasteiger partial charge on any atom is -0.490 e. The second-order valence-corrected chi connectivity index (χ2v) is 6.74. The van der Waals surface area contributed by atoms with E-state index in [1.165, 1.54) is 25.7 Å². The van der Waals surface area contributed by atoms with Crippen molar-refractivity contribution in [3.8, 4) is 5.75 Å². The van der Waals surface area contributed by atoms with Crippen molar-refractivity contribution < 1.29 is 4.74 Å². The molecule has 0 bridgehead atoms. The van der Waals surface area contributed by atoms with Crippen LogP contribution in [0.3, 0.4) is 0 Å². The summed E-state index contributed by atoms with van der Waals surface area (Å²) < 4.78 is 6.25. The van der Waals surface area contributed by atoms with E-state index in [4.69, 9.17) is 16.3 Å². The van der Waals surface area contributed by atoms with Crippen molar-refractivity contribution in [3.05, 3.63) is 28.8 Å². The molecule has 0 amide bonds. The van der Waals surface area contributed by atoms with Crippen LogP contribution < -0.4 is 10.1 Å². The van der Waals surface area contributed by atoms with Crippen molar-refractivity contribution in [2.24, 2.45) is 5.92 Å². The van der Waals surface area contributed by atoms with Gasteiger partial charge in [-0.2, -0.15) is 0 Å². The largest absolute Gasteiger partial charge is 0.490 e. The van der Waals surface area contributed by atoms with Gasteiger partial charge in [0.1, 0.15) is 5.75 Å². The topological polar surface area (TPSA) is 21.3 Å². The lowest BCUT2D eigenvalue weighted by molar-refractivity contribution is 0.128. The molecule has 0 saturated heterocycles. The maximum Gasteiger partial charge on any atom is 0.124 e. The minimum atomic E-state index is 0.359. The summed E-state index contributed by atoms with van der Waals surface area (Å²) in [5, 5.41) is 4.21. The Balaban J connectivity index is 2.05. The summed E-state index contributed by atoms with van der Waals surface area (Å²) >= 11 is 6.11. The van der Waals surface area contributed by atoms with E-state index in [0.717, 1.165) is 28.8 Å². The number of rotatable bonds is 5. The zero-order chi connectivity index (χ0) is 14.5. The fourth-order valence-corrected chi connectivity index (χ4v) is 2.97. The molecule has 0 aliphatic heterocycles. The molecule has 1 fully saturated rings. The summed E-state index contributed by atoms with van der Waals surface area (Å²) in [5.41, 5.74) is 1.16. The van der Waals surface area contributed by atoms with Crippen molar-refractivity contribution in [2.75, 3.05) is 0 Å². The summed E-state index contributed by atoms with van der Waals surface area (Å²) in [6.07, 6.45) is 5.31. The van der Waals surface area contributed by atoms with Crippen LogP contribution in [0.15, 0.2) is 18.2 Å². The van der Waals surface area contributed by atoms with Gasteiger partial charge in [-0.05, 0) is 43.4 Å². The van der Waals surface area contributed by atoms with Crippen LogP contribution in [0, 0.1) is 5.92 Å². The fourth-order valence-electron chi connectivity index (χ4n) is 2.78. The van der Waals surface area contributed by atoms with Gasteiger partial charge in [0.2, 0.25) is 0 Å². The van der Waals surface area contributed by atoms with Crippen molar-refractivity contribution in [1.29, 1.82) is 0 Å². The molecule has 1 aliphatic carbocycles. The third kappa shape index (κ3) is 4.68. The smallest absolute Gasteiger partial charge is 0.124 e. The third-order valence-corrected chi connectivity index (χ3v) is 4.14. The van der Waals surface area contributed by atoms with Gasteiger partial charge in [-0.3, -0.25) is 0 Å². The van der Waals surface area contributed by atoms with Crippen LogP contribution in [0.1, 0.15) is 52.0 Å². The molecule has 2 rings (SSSR count). The van der Waals surface area contributed by atoms with Crippen LogP contribution in [0.2, 0.25) is 5.02 Å². The van der Waals surface area contributed by atoms with E-state index in [9.17, 15) is 0 Å². The predicted molar refractivity (Wildman–Crippen MR) is 85.5 cm³/mol. The van der Waals surface area contributed by atoms with E-state index in [1.807, 2.05) is 18.2 Å². The number of hydrogen-bond donors (Lipinski definition) is 1. The number of ether oxygens (including phenoxy) is 1. The molecule has 0 radical (unpaired) electrons. The standard InChI is InChI=1S/C17H26ClNO/c1-12(2)19-11-14-10-15(18)7-8-17(14)20-16-6-4-5-13(3)9-16/h7-8,10,12-13,16,19H,4-6,9,11H2,1-3H3. The first-order chi connectivity index (χ1) is 9.54. The Bertz CT molecular complexity index is 433. The Morgan fingerprint density at radius 3 is 2.85 bits per heavy atom. The monoisotopic (exact) mass is 295 g/mol. The molecule has 0 spiro atoms. The molecule has 2 unspecified atom stereocenters. The van der Waals surface area contributed by atoms with Crippen LogP contribution in [0.25, 0.3) is 0 Å². The molecular weight excluding hydrogens is 270 g/mol. The lowest BCUT2D eigenvalue weighted by Crippen LogP contribution is -2.26. The minimum absolute atomic E-state index is 0.359. The molecular formula is C17H26ClNO. The van der Waals surface area contributed by atoms with Gasteiger partial charge in [0.15, 0.2) is 0 Å². The summed E-state index contributed by atoms with van der Waals surface area (Å²) in [6.45, 7) is 7.41. The van der Waals surface area contributed by atoms with E-state index >= 15 is 0 Å². The maximum absolute atomic E-state index is 6.25. The van der Waals surface area contributed by atoms with Gasteiger partial charge in [0.05, 0.1) is 6.10 Å². The molecule has 2 nitrogen and oxygen atoms in total. The summed E-state index contributed by atoms with van der Waals surface area (Å²) in [4.78, 5) is 0. The predicted octanol–water partition coefficient (Wildman–Crippen LogP) is 4.80. The normalized spacial score (nSPS) is 23.1. The number of halogens is 1. The fraction of sp³-hybridized carbons (Fsp3) is 0.647. The summed E-state index contributed by atoms with van der Waals surface area (Å²) in [5.74, 6) is 1.76. The van der Waals surface area contributed by atoms with Crippen molar-refractivity contribution >= 4 is 11.6 Å². The molecule has 20 heavy (non-hydrogen) atoms. The molecule has 1 N–H and O–H groups in total. The Morgan fingerprint density at radius 1 is 1.35 bits per heavy atom. The van der Waals surface area contributed by atoms with Gasteiger partial charge in [0.25, 0.3) is 0 Å². The molecule has 112 valence electrons. The van der Waals surface area contributed by atoms with Gasteiger partial charge >= 0.3 is 0 Å². The van der Waals surface area contributed by atoms with Crippen molar-refractivity contribution in [3.63, 3.8) is 0 Å². The van der Waals surface area contributed by atoms with E-state index < -0.39 is 0 Å². The highest BCUT2D eigenvalue weighted by atomic mass is 35.5. The van der Waals surface area contributed by atoms with Gasteiger partial charge in [-0.25, -0.2) is 0 Å². The lowest BCUT2D eigenvalue weighted by atomic mass is 9.88. The zero-order valence-corrected chi connectivity index (χ0v) is 13.5. The Kier molecular flexibility index (Phi) is 5.74. The highest BCUT2D eigenvalue weighted by Gasteiger charge is 2.21. The molecule has 1 saturated carbocycles. The van der Waals surface area contributed by atoms with Gasteiger partial charge in [-0.1, -0.05) is 38.8 Å². The SMILES string of the molecule is CC1CCCC(Oc2ccc(Cl)cc2CNC(C)C)C1. The Morgan fingerprint density at radius 2 is 2.15 bits per heavy atom. The average molecular weight is 296 g/mol. The van der Waals surface area contributed by atoms with Gasteiger partial charge < -0.3 is 10.1 Å². The summed E-state index contributed by atoms with van der Waals surface area (Å²) in [7, 11) is 0. The van der Waals surface area contributed by atoms with Crippen LogP contribution in [-0.4, -0.2) is 12.1 Å². The maximum atomic E-state index is 6.25. The van der Waals surface area contributed by atoms with E-state index in [2.05, 4.69) is 26.1 Å². The third-order valence-electron chi connectivity index (χ3n) is 3.91. The van der Waals surface area contributed by atoms with Crippen molar-refractivity contribution in [1.82, 2.24) is 5.32 Å². The summed E-state index contributed by atoms with van der Waals surface area (Å²) in [6, 6.07) is 6.40. The quantitative estimate of drug-likeness (QED) is 0.843. The second-order valence-electron chi connectivity index (χ2n) is 6.30. The highest BCUT2D eigenvalue weighted by molar-refractivity contribution is 6.30. The van der Waals surface area contributed by atoms with Crippen LogP contribution in [0.5, 0.6) is 5.75 Å². The van der Waals surface area contributed by atoms with Crippen LogP contribution in [0.4, 0.5) is 0 Å².